The zero-order valence-electron chi connectivity index (χ0n) is 11.8. The monoisotopic (exact) mass is 372 g/mol. The van der Waals surface area contributed by atoms with Gasteiger partial charge in [0.25, 0.3) is 0 Å². The molecule has 0 spiro atoms. The highest BCUT2D eigenvalue weighted by molar-refractivity contribution is 9.11. The van der Waals surface area contributed by atoms with Crippen molar-refractivity contribution in [3.05, 3.63) is 68.6 Å². The summed E-state index contributed by atoms with van der Waals surface area (Å²) in [6.07, 6.45) is 3.79. The van der Waals surface area contributed by atoms with E-state index in [1.807, 2.05) is 4.68 Å². The van der Waals surface area contributed by atoms with E-state index in [0.29, 0.717) is 0 Å². The summed E-state index contributed by atoms with van der Waals surface area (Å²) >= 11 is 5.22. The molecule has 6 heteroatoms. The zero-order chi connectivity index (χ0) is 15.1. The number of allylic oxidation sites excluding steroid dienone is 1. The molecule has 0 aliphatic carbocycles. The summed E-state index contributed by atoms with van der Waals surface area (Å²) in [5.41, 5.74) is 3.52. The van der Waals surface area contributed by atoms with Gasteiger partial charge in [0.05, 0.1) is 14.4 Å². The standard InChI is InChI=1S/C16H13BrN4S/c1-10-3-2-4-11(7-10)13-8-12(14-5-6-15(17)22-14)20-16-18-9-19-21(13)16/h2-9,13H,1H3,(H,18,19,20). The van der Waals surface area contributed by atoms with Crippen LogP contribution in [-0.4, -0.2) is 14.8 Å². The van der Waals surface area contributed by atoms with Crippen LogP contribution in [0.4, 0.5) is 5.95 Å². The molecule has 4 rings (SSSR count). The number of nitrogens with zero attached hydrogens (tertiary/aromatic N) is 3. The Balaban J connectivity index is 1.83. The molecule has 3 heterocycles. The van der Waals surface area contributed by atoms with Gasteiger partial charge in [0.1, 0.15) is 12.4 Å². The first kappa shape index (κ1) is 13.7. The van der Waals surface area contributed by atoms with Crippen LogP contribution in [0.25, 0.3) is 5.70 Å². The molecule has 1 aromatic carbocycles. The normalized spacial score (nSPS) is 16.8. The van der Waals surface area contributed by atoms with Crippen molar-refractivity contribution in [2.24, 2.45) is 0 Å². The van der Waals surface area contributed by atoms with Gasteiger partial charge in [-0.15, -0.1) is 11.3 Å². The molecule has 0 fully saturated rings. The van der Waals surface area contributed by atoms with Crippen molar-refractivity contribution in [1.82, 2.24) is 14.8 Å². The van der Waals surface area contributed by atoms with Crippen LogP contribution in [0.5, 0.6) is 0 Å². The summed E-state index contributed by atoms with van der Waals surface area (Å²) in [6.45, 7) is 2.10. The number of halogens is 1. The predicted octanol–water partition coefficient (Wildman–Crippen LogP) is 4.47. The fraction of sp³-hybridized carbons (Fsp3) is 0.125. The second-order valence-corrected chi connectivity index (χ2v) is 7.66. The smallest absolute Gasteiger partial charge is 0.226 e. The van der Waals surface area contributed by atoms with Crippen LogP contribution >= 0.6 is 27.3 Å². The average Bonchev–Trinajstić information content (AvgIpc) is 3.14. The summed E-state index contributed by atoms with van der Waals surface area (Å²) in [4.78, 5) is 5.51. The SMILES string of the molecule is Cc1cccc(C2C=C(c3ccc(Br)s3)Nc3ncnn32)c1. The van der Waals surface area contributed by atoms with E-state index >= 15 is 0 Å². The topological polar surface area (TPSA) is 42.7 Å². The van der Waals surface area contributed by atoms with E-state index in [0.717, 1.165) is 15.4 Å². The van der Waals surface area contributed by atoms with E-state index in [9.17, 15) is 0 Å². The quantitative estimate of drug-likeness (QED) is 0.721. The lowest BCUT2D eigenvalue weighted by Gasteiger charge is -2.24. The van der Waals surface area contributed by atoms with Crippen LogP contribution in [0.2, 0.25) is 0 Å². The second kappa shape index (κ2) is 5.37. The molecule has 1 atom stereocenters. The Hall–Kier alpha value is -1.92. The molecule has 1 aliphatic heterocycles. The van der Waals surface area contributed by atoms with E-state index in [-0.39, 0.29) is 6.04 Å². The van der Waals surface area contributed by atoms with Gasteiger partial charge in [-0.05, 0) is 46.6 Å². The number of anilines is 1. The molecule has 2 aromatic heterocycles. The fourth-order valence-electron chi connectivity index (χ4n) is 2.63. The highest BCUT2D eigenvalue weighted by Crippen LogP contribution is 2.35. The maximum Gasteiger partial charge on any atom is 0.226 e. The molecule has 1 aliphatic rings. The Labute approximate surface area is 140 Å². The third kappa shape index (κ3) is 2.38. The van der Waals surface area contributed by atoms with Gasteiger partial charge < -0.3 is 5.32 Å². The minimum atomic E-state index is 0.0505. The van der Waals surface area contributed by atoms with Crippen LogP contribution in [-0.2, 0) is 0 Å². The molecule has 0 saturated heterocycles. The third-order valence-electron chi connectivity index (χ3n) is 3.63. The van der Waals surface area contributed by atoms with Gasteiger partial charge in [-0.25, -0.2) is 4.68 Å². The van der Waals surface area contributed by atoms with Crippen molar-refractivity contribution in [3.63, 3.8) is 0 Å². The van der Waals surface area contributed by atoms with E-state index in [4.69, 9.17) is 0 Å². The molecule has 0 bridgehead atoms. The fourth-order valence-corrected chi connectivity index (χ4v) is 3.99. The Morgan fingerprint density at radius 3 is 2.95 bits per heavy atom. The van der Waals surface area contributed by atoms with Crippen molar-refractivity contribution >= 4 is 38.9 Å². The van der Waals surface area contributed by atoms with Crippen LogP contribution in [0.15, 0.2) is 52.6 Å². The van der Waals surface area contributed by atoms with Crippen molar-refractivity contribution in [3.8, 4) is 0 Å². The average molecular weight is 373 g/mol. The van der Waals surface area contributed by atoms with Crippen LogP contribution < -0.4 is 5.32 Å². The molecular formula is C16H13BrN4S. The number of hydrogen-bond acceptors (Lipinski definition) is 4. The first-order valence-corrected chi connectivity index (χ1v) is 8.52. The Morgan fingerprint density at radius 1 is 1.27 bits per heavy atom. The summed E-state index contributed by atoms with van der Waals surface area (Å²) in [6, 6.07) is 12.7. The van der Waals surface area contributed by atoms with Crippen LogP contribution in [0.1, 0.15) is 22.0 Å². The highest BCUT2D eigenvalue weighted by atomic mass is 79.9. The lowest BCUT2D eigenvalue weighted by molar-refractivity contribution is 0.611. The molecule has 110 valence electrons. The van der Waals surface area contributed by atoms with Gasteiger partial charge in [-0.1, -0.05) is 29.8 Å². The summed E-state index contributed by atoms with van der Waals surface area (Å²) in [5.74, 6) is 0.772. The number of rotatable bonds is 2. The van der Waals surface area contributed by atoms with E-state index in [1.165, 1.54) is 16.0 Å². The van der Waals surface area contributed by atoms with Crippen molar-refractivity contribution in [2.75, 3.05) is 5.32 Å². The van der Waals surface area contributed by atoms with E-state index in [2.05, 4.69) is 80.7 Å². The highest BCUT2D eigenvalue weighted by Gasteiger charge is 2.23. The van der Waals surface area contributed by atoms with Gasteiger partial charge in [0.15, 0.2) is 0 Å². The first-order valence-electron chi connectivity index (χ1n) is 6.91. The second-order valence-electron chi connectivity index (χ2n) is 5.20. The predicted molar refractivity (Wildman–Crippen MR) is 93.0 cm³/mol. The number of fused-ring (bicyclic) bond motifs is 1. The molecule has 1 N–H and O–H groups in total. The maximum atomic E-state index is 4.37. The van der Waals surface area contributed by atoms with Crippen LogP contribution in [0.3, 0.4) is 0 Å². The maximum absolute atomic E-state index is 4.37. The Morgan fingerprint density at radius 2 is 2.18 bits per heavy atom. The van der Waals surface area contributed by atoms with Crippen LogP contribution in [0, 0.1) is 6.92 Å². The molecule has 1 unspecified atom stereocenters. The molecule has 0 saturated carbocycles. The molecule has 22 heavy (non-hydrogen) atoms. The third-order valence-corrected chi connectivity index (χ3v) is 5.29. The first-order chi connectivity index (χ1) is 10.7. The number of hydrogen-bond donors (Lipinski definition) is 1. The number of aryl methyl sites for hydroxylation is 1. The summed E-state index contributed by atoms with van der Waals surface area (Å²) in [5, 5.41) is 7.73. The largest absolute Gasteiger partial charge is 0.323 e. The summed E-state index contributed by atoms with van der Waals surface area (Å²) in [7, 11) is 0. The Kier molecular flexibility index (Phi) is 3.35. The van der Waals surface area contributed by atoms with E-state index in [1.54, 1.807) is 17.7 Å². The zero-order valence-corrected chi connectivity index (χ0v) is 14.2. The van der Waals surface area contributed by atoms with Gasteiger partial charge in [-0.3, -0.25) is 0 Å². The lowest BCUT2D eigenvalue weighted by Crippen LogP contribution is -2.19. The minimum absolute atomic E-state index is 0.0505. The van der Waals surface area contributed by atoms with Gasteiger partial charge in [0.2, 0.25) is 5.95 Å². The minimum Gasteiger partial charge on any atom is -0.323 e. The van der Waals surface area contributed by atoms with Crippen molar-refractivity contribution in [1.29, 1.82) is 0 Å². The Bertz CT molecular complexity index is 864. The lowest BCUT2D eigenvalue weighted by atomic mass is 10.0. The molecule has 4 nitrogen and oxygen atoms in total. The molecule has 3 aromatic rings. The van der Waals surface area contributed by atoms with Gasteiger partial charge in [0, 0.05) is 0 Å². The number of thiophene rings is 1. The molecule has 0 amide bonds. The van der Waals surface area contributed by atoms with Gasteiger partial charge >= 0.3 is 0 Å². The number of nitrogens with one attached hydrogen (secondary N) is 1. The van der Waals surface area contributed by atoms with Crippen molar-refractivity contribution in [2.45, 2.75) is 13.0 Å². The van der Waals surface area contributed by atoms with Gasteiger partial charge in [-0.2, -0.15) is 10.1 Å². The van der Waals surface area contributed by atoms with E-state index < -0.39 is 0 Å². The molecular weight excluding hydrogens is 360 g/mol. The number of aromatic nitrogens is 3. The summed E-state index contributed by atoms with van der Waals surface area (Å²) < 4.78 is 3.03. The molecule has 0 radical (unpaired) electrons. The van der Waals surface area contributed by atoms with Crippen molar-refractivity contribution < 1.29 is 0 Å². The number of benzene rings is 1.